The minimum atomic E-state index is 0.0773. The van der Waals surface area contributed by atoms with E-state index in [9.17, 15) is 4.79 Å². The first kappa shape index (κ1) is 11.7. The van der Waals surface area contributed by atoms with E-state index in [2.05, 4.69) is 23.4 Å². The second-order valence-electron chi connectivity index (χ2n) is 5.71. The van der Waals surface area contributed by atoms with Gasteiger partial charge in [0.15, 0.2) is 5.78 Å². The van der Waals surface area contributed by atoms with Gasteiger partial charge in [-0.1, -0.05) is 13.8 Å². The summed E-state index contributed by atoms with van der Waals surface area (Å²) in [5.41, 5.74) is 4.03. The van der Waals surface area contributed by atoms with Gasteiger partial charge < -0.3 is 4.57 Å². The molecule has 0 saturated carbocycles. The van der Waals surface area contributed by atoms with Gasteiger partial charge in [0.2, 0.25) is 0 Å². The molecule has 0 saturated heterocycles. The first-order valence-electron chi connectivity index (χ1n) is 6.14. The summed E-state index contributed by atoms with van der Waals surface area (Å²) in [5, 5.41) is 0. The highest BCUT2D eigenvalue weighted by Gasteiger charge is 2.32. The summed E-state index contributed by atoms with van der Waals surface area (Å²) in [6, 6.07) is 1.97. The van der Waals surface area contributed by atoms with Gasteiger partial charge >= 0.3 is 0 Å². The minimum absolute atomic E-state index is 0.0773. The van der Waals surface area contributed by atoms with Crippen LogP contribution < -0.4 is 0 Å². The van der Waals surface area contributed by atoms with Crippen molar-refractivity contribution in [3.8, 4) is 0 Å². The Kier molecular flexibility index (Phi) is 2.63. The molecule has 0 N–H and O–H groups in total. The van der Waals surface area contributed by atoms with Gasteiger partial charge in [0.25, 0.3) is 0 Å². The van der Waals surface area contributed by atoms with Crippen LogP contribution in [0.2, 0.25) is 0 Å². The van der Waals surface area contributed by atoms with Gasteiger partial charge in [-0.15, -0.1) is 11.3 Å². The lowest BCUT2D eigenvalue weighted by Crippen LogP contribution is -2.28. The standard InChI is InChI=1S/C14H16N2OS/c1-14(2)5-12-11(13(17)6-14)3-4-16(12)8-10-7-15-9-18-10/h3-4,7,9H,5-6,8H2,1-2H3. The Labute approximate surface area is 110 Å². The lowest BCUT2D eigenvalue weighted by molar-refractivity contribution is 0.0910. The average Bonchev–Trinajstić information content (AvgIpc) is 2.88. The number of carbonyl (C=O) groups excluding carboxylic acids is 1. The molecule has 0 spiro atoms. The number of Topliss-reactive ketones (excluding diaryl/α,β-unsaturated/α-hetero) is 1. The van der Waals surface area contributed by atoms with E-state index in [0.29, 0.717) is 6.42 Å². The van der Waals surface area contributed by atoms with Crippen molar-refractivity contribution in [2.24, 2.45) is 5.41 Å². The molecule has 0 aliphatic heterocycles. The minimum Gasteiger partial charge on any atom is -0.345 e. The number of aromatic nitrogens is 2. The molecule has 1 aliphatic rings. The average molecular weight is 260 g/mol. The van der Waals surface area contributed by atoms with Crippen molar-refractivity contribution >= 4 is 17.1 Å². The van der Waals surface area contributed by atoms with Gasteiger partial charge in [-0.25, -0.2) is 0 Å². The van der Waals surface area contributed by atoms with Gasteiger partial charge in [0.1, 0.15) is 0 Å². The predicted molar refractivity (Wildman–Crippen MR) is 72.1 cm³/mol. The van der Waals surface area contributed by atoms with E-state index in [1.807, 2.05) is 24.0 Å². The number of fused-ring (bicyclic) bond motifs is 1. The van der Waals surface area contributed by atoms with Crippen molar-refractivity contribution in [2.45, 2.75) is 33.2 Å². The summed E-state index contributed by atoms with van der Waals surface area (Å²) in [4.78, 5) is 17.4. The zero-order valence-corrected chi connectivity index (χ0v) is 11.5. The Morgan fingerprint density at radius 2 is 2.28 bits per heavy atom. The Balaban J connectivity index is 1.97. The van der Waals surface area contributed by atoms with Crippen LogP contribution in [0.4, 0.5) is 0 Å². The predicted octanol–water partition coefficient (Wildman–Crippen LogP) is 3.15. The van der Waals surface area contributed by atoms with E-state index >= 15 is 0 Å². The number of rotatable bonds is 2. The molecule has 3 nitrogen and oxygen atoms in total. The van der Waals surface area contributed by atoms with Crippen molar-refractivity contribution in [2.75, 3.05) is 0 Å². The van der Waals surface area contributed by atoms with Crippen LogP contribution in [0.25, 0.3) is 0 Å². The molecule has 0 radical (unpaired) electrons. The van der Waals surface area contributed by atoms with Crippen LogP contribution in [-0.2, 0) is 13.0 Å². The van der Waals surface area contributed by atoms with Crippen LogP contribution in [0.5, 0.6) is 0 Å². The van der Waals surface area contributed by atoms with Crippen LogP contribution >= 0.6 is 11.3 Å². The summed E-state index contributed by atoms with van der Waals surface area (Å²) in [6.45, 7) is 5.15. The smallest absolute Gasteiger partial charge is 0.165 e. The second kappa shape index (κ2) is 4.05. The normalized spacial score (nSPS) is 17.8. The van der Waals surface area contributed by atoms with Crippen molar-refractivity contribution < 1.29 is 4.79 Å². The molecule has 2 heterocycles. The molecular weight excluding hydrogens is 244 g/mol. The van der Waals surface area contributed by atoms with E-state index in [4.69, 9.17) is 0 Å². The molecule has 0 fully saturated rings. The molecular formula is C14H16N2OS. The topological polar surface area (TPSA) is 34.9 Å². The van der Waals surface area contributed by atoms with Crippen molar-refractivity contribution in [1.29, 1.82) is 0 Å². The summed E-state index contributed by atoms with van der Waals surface area (Å²) in [6.07, 6.45) is 5.56. The van der Waals surface area contributed by atoms with E-state index in [0.717, 1.165) is 18.5 Å². The lowest BCUT2D eigenvalue weighted by atomic mass is 9.76. The fraction of sp³-hybridized carbons (Fsp3) is 0.429. The highest BCUT2D eigenvalue weighted by Crippen LogP contribution is 2.35. The Bertz CT molecular complexity index is 581. The largest absolute Gasteiger partial charge is 0.345 e. The van der Waals surface area contributed by atoms with Gasteiger partial charge in [-0.2, -0.15) is 0 Å². The van der Waals surface area contributed by atoms with Crippen molar-refractivity contribution in [1.82, 2.24) is 9.55 Å². The maximum Gasteiger partial charge on any atom is 0.165 e. The van der Waals surface area contributed by atoms with Crippen LogP contribution in [0.1, 0.15) is 41.2 Å². The highest BCUT2D eigenvalue weighted by molar-refractivity contribution is 7.09. The number of hydrogen-bond acceptors (Lipinski definition) is 3. The third-order valence-electron chi connectivity index (χ3n) is 3.47. The Morgan fingerprint density at radius 3 is 3.00 bits per heavy atom. The summed E-state index contributed by atoms with van der Waals surface area (Å²) >= 11 is 1.66. The van der Waals surface area contributed by atoms with E-state index in [-0.39, 0.29) is 11.2 Å². The van der Waals surface area contributed by atoms with E-state index in [1.54, 1.807) is 11.3 Å². The summed E-state index contributed by atoms with van der Waals surface area (Å²) in [5.74, 6) is 0.282. The van der Waals surface area contributed by atoms with Crippen LogP contribution in [0, 0.1) is 5.41 Å². The van der Waals surface area contributed by atoms with Gasteiger partial charge in [-0.3, -0.25) is 9.78 Å². The monoisotopic (exact) mass is 260 g/mol. The SMILES string of the molecule is CC1(C)CC(=O)c2ccn(Cc3cncs3)c2C1. The molecule has 0 atom stereocenters. The molecule has 0 aromatic carbocycles. The Hall–Kier alpha value is -1.42. The van der Waals surface area contributed by atoms with Crippen LogP contribution in [0.15, 0.2) is 24.0 Å². The van der Waals surface area contributed by atoms with Crippen LogP contribution in [0.3, 0.4) is 0 Å². The third-order valence-corrected chi connectivity index (χ3v) is 4.24. The quantitative estimate of drug-likeness (QED) is 0.831. The molecule has 94 valence electrons. The first-order chi connectivity index (χ1) is 8.55. The van der Waals surface area contributed by atoms with E-state index < -0.39 is 0 Å². The first-order valence-corrected chi connectivity index (χ1v) is 7.02. The van der Waals surface area contributed by atoms with E-state index in [1.165, 1.54) is 10.6 Å². The Morgan fingerprint density at radius 1 is 1.44 bits per heavy atom. The van der Waals surface area contributed by atoms with Gasteiger partial charge in [-0.05, 0) is 17.9 Å². The highest BCUT2D eigenvalue weighted by atomic mass is 32.1. The number of ketones is 1. The van der Waals surface area contributed by atoms with Crippen LogP contribution in [-0.4, -0.2) is 15.3 Å². The molecule has 1 aliphatic carbocycles. The maximum atomic E-state index is 12.1. The molecule has 4 heteroatoms. The summed E-state index contributed by atoms with van der Waals surface area (Å²) in [7, 11) is 0. The molecule has 3 rings (SSSR count). The lowest BCUT2D eigenvalue weighted by Gasteiger charge is -2.29. The molecule has 18 heavy (non-hydrogen) atoms. The number of thiazole rings is 1. The number of hydrogen-bond donors (Lipinski definition) is 0. The third kappa shape index (κ3) is 2.01. The number of nitrogens with zero attached hydrogens (tertiary/aromatic N) is 2. The van der Waals surface area contributed by atoms with Gasteiger partial charge in [0.05, 0.1) is 12.1 Å². The molecule has 2 aromatic rings. The zero-order valence-electron chi connectivity index (χ0n) is 10.6. The summed E-state index contributed by atoms with van der Waals surface area (Å²) < 4.78 is 2.20. The fourth-order valence-corrected chi connectivity index (χ4v) is 3.23. The maximum absolute atomic E-state index is 12.1. The van der Waals surface area contributed by atoms with Crippen molar-refractivity contribution in [3.63, 3.8) is 0 Å². The molecule has 0 bridgehead atoms. The zero-order chi connectivity index (χ0) is 12.8. The molecule has 0 unspecified atom stereocenters. The second-order valence-corrected chi connectivity index (χ2v) is 6.68. The number of carbonyl (C=O) groups is 1. The molecule has 0 amide bonds. The van der Waals surface area contributed by atoms with Crippen molar-refractivity contribution in [3.05, 3.63) is 40.1 Å². The van der Waals surface area contributed by atoms with Gasteiger partial charge in [0, 0.05) is 34.9 Å². The fourth-order valence-electron chi connectivity index (χ4n) is 2.64. The molecule has 2 aromatic heterocycles.